The third kappa shape index (κ3) is 10.3. The van der Waals surface area contributed by atoms with Gasteiger partial charge in [0.2, 0.25) is 5.91 Å². The third-order valence-electron chi connectivity index (χ3n) is 5.36. The van der Waals surface area contributed by atoms with E-state index >= 15 is 0 Å². The van der Waals surface area contributed by atoms with Crippen LogP contribution in [0.3, 0.4) is 0 Å². The molecule has 0 bridgehead atoms. The average molecular weight is 515 g/mol. The Morgan fingerprint density at radius 1 is 1.17 bits per heavy atom. The predicted octanol–water partition coefficient (Wildman–Crippen LogP) is 2.94. The average Bonchev–Trinajstić information content (AvgIpc) is 2.71. The fourth-order valence-corrected chi connectivity index (χ4v) is 3.44. The van der Waals surface area contributed by atoms with Crippen molar-refractivity contribution >= 4 is 35.8 Å². The number of benzene rings is 1. The van der Waals surface area contributed by atoms with Gasteiger partial charge in [-0.3, -0.25) is 9.79 Å². The van der Waals surface area contributed by atoms with Crippen molar-refractivity contribution in [3.63, 3.8) is 0 Å². The largest absolute Gasteiger partial charge is 0.356 e. The van der Waals surface area contributed by atoms with Crippen molar-refractivity contribution in [1.29, 1.82) is 0 Å². The van der Waals surface area contributed by atoms with Crippen molar-refractivity contribution in [2.24, 2.45) is 10.9 Å². The number of likely N-dealkylation sites (tertiary alicyclic amines) is 1. The van der Waals surface area contributed by atoms with E-state index in [1.165, 1.54) is 25.9 Å². The molecule has 1 aromatic rings. The summed E-state index contributed by atoms with van der Waals surface area (Å²) in [5.41, 5.74) is 1.15. The van der Waals surface area contributed by atoms with Crippen molar-refractivity contribution in [1.82, 2.24) is 20.4 Å². The van der Waals surface area contributed by atoms with Crippen molar-refractivity contribution < 1.29 is 4.79 Å². The van der Waals surface area contributed by atoms with Crippen LogP contribution in [-0.2, 0) is 11.3 Å². The number of carbonyl (C=O) groups excluding carboxylic acids is 1. The molecular formula is C22H38IN5O. The lowest BCUT2D eigenvalue weighted by atomic mass is 9.99. The topological polar surface area (TPSA) is 60.0 Å². The zero-order chi connectivity index (χ0) is 20.2. The summed E-state index contributed by atoms with van der Waals surface area (Å²) in [4.78, 5) is 20.9. The van der Waals surface area contributed by atoms with E-state index in [0.717, 1.165) is 37.0 Å². The fourth-order valence-electron chi connectivity index (χ4n) is 3.44. The van der Waals surface area contributed by atoms with Gasteiger partial charge in [-0.2, -0.15) is 0 Å². The Morgan fingerprint density at radius 3 is 2.48 bits per heavy atom. The van der Waals surface area contributed by atoms with Crippen molar-refractivity contribution in [2.45, 2.75) is 39.2 Å². The first-order valence-corrected chi connectivity index (χ1v) is 10.5. The summed E-state index contributed by atoms with van der Waals surface area (Å²) in [6, 6.07) is 10.1. The van der Waals surface area contributed by atoms with Gasteiger partial charge in [0, 0.05) is 40.2 Å². The molecule has 2 rings (SSSR count). The molecule has 0 spiro atoms. The van der Waals surface area contributed by atoms with Gasteiger partial charge in [-0.15, -0.1) is 24.0 Å². The van der Waals surface area contributed by atoms with Crippen LogP contribution in [0, 0.1) is 5.92 Å². The molecule has 0 radical (unpaired) electrons. The zero-order valence-corrected chi connectivity index (χ0v) is 20.5. The molecule has 2 N–H and O–H groups in total. The first-order chi connectivity index (χ1) is 13.6. The molecule has 1 amide bonds. The van der Waals surface area contributed by atoms with Gasteiger partial charge in [0.1, 0.15) is 0 Å². The highest BCUT2D eigenvalue weighted by Crippen LogP contribution is 2.15. The lowest BCUT2D eigenvalue weighted by molar-refractivity contribution is -0.130. The number of nitrogens with one attached hydrogen (secondary N) is 2. The van der Waals surface area contributed by atoms with Gasteiger partial charge in [-0.1, -0.05) is 37.3 Å². The molecule has 6 nitrogen and oxygen atoms in total. The minimum absolute atomic E-state index is 0. The highest BCUT2D eigenvalue weighted by atomic mass is 127. The predicted molar refractivity (Wildman–Crippen MR) is 132 cm³/mol. The van der Waals surface area contributed by atoms with Crippen LogP contribution in [0.25, 0.3) is 0 Å². The van der Waals surface area contributed by atoms with Gasteiger partial charge in [-0.05, 0) is 50.4 Å². The Hall–Kier alpha value is -1.35. The number of hydrogen-bond acceptors (Lipinski definition) is 3. The molecule has 1 fully saturated rings. The maximum absolute atomic E-state index is 12.3. The van der Waals surface area contributed by atoms with E-state index in [1.807, 2.05) is 37.4 Å². The number of guanidine groups is 1. The normalized spacial score (nSPS) is 15.5. The second-order valence-electron chi connectivity index (χ2n) is 7.79. The van der Waals surface area contributed by atoms with Gasteiger partial charge in [0.05, 0.1) is 0 Å². The minimum Gasteiger partial charge on any atom is -0.356 e. The van der Waals surface area contributed by atoms with E-state index in [0.29, 0.717) is 19.5 Å². The summed E-state index contributed by atoms with van der Waals surface area (Å²) in [6.07, 6.45) is 4.20. The summed E-state index contributed by atoms with van der Waals surface area (Å²) in [7, 11) is 3.62. The van der Waals surface area contributed by atoms with Gasteiger partial charge in [0.25, 0.3) is 0 Å². The lowest BCUT2D eigenvalue weighted by Crippen LogP contribution is -2.41. The molecule has 0 atom stereocenters. The van der Waals surface area contributed by atoms with E-state index in [2.05, 4.69) is 27.4 Å². The Kier molecular flexibility index (Phi) is 12.9. The SMILES string of the molecule is CN=C(NCCCN1CCC(C)CC1)NCCC(=O)N(C)Cc1ccccc1.I. The molecular weight excluding hydrogens is 477 g/mol. The molecule has 164 valence electrons. The number of halogens is 1. The number of carbonyl (C=O) groups is 1. The molecule has 1 heterocycles. The van der Waals surface area contributed by atoms with Gasteiger partial charge >= 0.3 is 0 Å². The number of nitrogens with zero attached hydrogens (tertiary/aromatic N) is 3. The van der Waals surface area contributed by atoms with Crippen LogP contribution < -0.4 is 10.6 Å². The molecule has 0 aliphatic carbocycles. The Morgan fingerprint density at radius 2 is 1.83 bits per heavy atom. The second kappa shape index (κ2) is 14.6. The van der Waals surface area contributed by atoms with Crippen LogP contribution in [-0.4, -0.2) is 68.5 Å². The molecule has 0 aromatic heterocycles. The molecule has 1 aliphatic rings. The standard InChI is InChI=1S/C22H37N5O.HI/c1-19-11-16-27(17-12-19)15-7-13-24-22(23-2)25-14-10-21(28)26(3)18-20-8-5-4-6-9-20;/h4-6,8-9,19H,7,10-18H2,1-3H3,(H2,23,24,25);1H. The van der Waals surface area contributed by atoms with Crippen molar-refractivity contribution in [3.8, 4) is 0 Å². The third-order valence-corrected chi connectivity index (χ3v) is 5.36. The number of piperidine rings is 1. The van der Waals surface area contributed by atoms with Crippen LogP contribution in [0.15, 0.2) is 35.3 Å². The number of hydrogen-bond donors (Lipinski definition) is 2. The van der Waals surface area contributed by atoms with Crippen LogP contribution in [0.1, 0.15) is 38.2 Å². The van der Waals surface area contributed by atoms with Gasteiger partial charge in [0.15, 0.2) is 5.96 Å². The Bertz CT molecular complexity index is 602. The van der Waals surface area contributed by atoms with Crippen LogP contribution >= 0.6 is 24.0 Å². The highest BCUT2D eigenvalue weighted by molar-refractivity contribution is 14.0. The quantitative estimate of drug-likeness (QED) is 0.230. The summed E-state index contributed by atoms with van der Waals surface area (Å²) >= 11 is 0. The summed E-state index contributed by atoms with van der Waals surface area (Å²) in [5, 5.41) is 6.59. The first-order valence-electron chi connectivity index (χ1n) is 10.5. The smallest absolute Gasteiger partial charge is 0.224 e. The summed E-state index contributed by atoms with van der Waals surface area (Å²) < 4.78 is 0. The monoisotopic (exact) mass is 515 g/mol. The highest BCUT2D eigenvalue weighted by Gasteiger charge is 2.14. The van der Waals surface area contributed by atoms with E-state index < -0.39 is 0 Å². The Labute approximate surface area is 193 Å². The fraction of sp³-hybridized carbons (Fsp3) is 0.636. The molecule has 1 saturated heterocycles. The van der Waals surface area contributed by atoms with Crippen LogP contribution in [0.2, 0.25) is 0 Å². The summed E-state index contributed by atoms with van der Waals surface area (Å²) in [6.45, 7) is 8.06. The van der Waals surface area contributed by atoms with Crippen molar-refractivity contribution in [2.75, 3.05) is 46.8 Å². The molecule has 1 aromatic carbocycles. The van der Waals surface area contributed by atoms with Gasteiger partial charge in [-0.25, -0.2) is 0 Å². The maximum atomic E-state index is 12.3. The van der Waals surface area contributed by atoms with E-state index in [-0.39, 0.29) is 29.9 Å². The first kappa shape index (κ1) is 25.7. The van der Waals surface area contributed by atoms with E-state index in [9.17, 15) is 4.79 Å². The molecule has 0 saturated carbocycles. The molecule has 0 unspecified atom stereocenters. The number of amides is 1. The number of aliphatic imine (C=N–C) groups is 1. The Balaban J connectivity index is 0.00000420. The van der Waals surface area contributed by atoms with Crippen LogP contribution in [0.4, 0.5) is 0 Å². The molecule has 29 heavy (non-hydrogen) atoms. The van der Waals surface area contributed by atoms with E-state index in [1.54, 1.807) is 11.9 Å². The zero-order valence-electron chi connectivity index (χ0n) is 18.2. The van der Waals surface area contributed by atoms with Gasteiger partial charge < -0.3 is 20.4 Å². The minimum atomic E-state index is 0. The second-order valence-corrected chi connectivity index (χ2v) is 7.79. The van der Waals surface area contributed by atoms with Crippen LogP contribution in [0.5, 0.6) is 0 Å². The van der Waals surface area contributed by atoms with Crippen molar-refractivity contribution in [3.05, 3.63) is 35.9 Å². The lowest BCUT2D eigenvalue weighted by Gasteiger charge is -2.30. The maximum Gasteiger partial charge on any atom is 0.224 e. The van der Waals surface area contributed by atoms with E-state index in [4.69, 9.17) is 0 Å². The molecule has 1 aliphatic heterocycles. The molecule has 7 heteroatoms. The number of rotatable bonds is 9. The summed E-state index contributed by atoms with van der Waals surface area (Å²) in [5.74, 6) is 1.78.